The zero-order chi connectivity index (χ0) is 52.4. The molecule has 0 aliphatic carbocycles. The highest BCUT2D eigenvalue weighted by atomic mass is 32.1. The maximum absolute atomic E-state index is 14.2. The van der Waals surface area contributed by atoms with Crippen LogP contribution < -0.4 is 26.4 Å². The number of para-hydroxylation sites is 1. The Balaban J connectivity index is 0.704. The van der Waals surface area contributed by atoms with Crippen LogP contribution in [0.2, 0.25) is 0 Å². The van der Waals surface area contributed by atoms with Crippen LogP contribution in [0.4, 0.5) is 5.82 Å². The summed E-state index contributed by atoms with van der Waals surface area (Å²) in [7, 11) is 0. The van der Waals surface area contributed by atoms with E-state index in [0.717, 1.165) is 91.2 Å². The Morgan fingerprint density at radius 2 is 1.45 bits per heavy atom. The number of carbonyl (C=O) groups is 4. The molecule has 3 fully saturated rings. The van der Waals surface area contributed by atoms with Gasteiger partial charge >= 0.3 is 0 Å². The zero-order valence-electron chi connectivity index (χ0n) is 43.1. The van der Waals surface area contributed by atoms with Gasteiger partial charge in [-0.3, -0.25) is 19.2 Å². The van der Waals surface area contributed by atoms with E-state index in [1.807, 2.05) is 87.8 Å². The predicted octanol–water partition coefficient (Wildman–Crippen LogP) is 5.87. The van der Waals surface area contributed by atoms with Crippen LogP contribution in [-0.2, 0) is 38.7 Å². The summed E-state index contributed by atoms with van der Waals surface area (Å²) in [4.78, 5) is 65.7. The summed E-state index contributed by atoms with van der Waals surface area (Å²) < 4.78 is 5.94. The van der Waals surface area contributed by atoms with Crippen LogP contribution in [0.3, 0.4) is 0 Å². The molecule has 3 aliphatic rings. The van der Waals surface area contributed by atoms with E-state index in [1.165, 1.54) is 4.90 Å². The number of thiazole rings is 1. The maximum Gasteiger partial charge on any atom is 0.246 e. The van der Waals surface area contributed by atoms with Gasteiger partial charge in [0, 0.05) is 70.0 Å². The number of β-amino-alcohol motifs (C(OH)–C–C–N with tert-alkyl or cyclic N) is 1. The number of phenolic OH excluding ortho intramolecular Hbond substituents is 1. The standard InChI is InChI=1S/C56H72N10O7S/c1-37-50(74-36-60-37)41-15-13-40(14-16-41)34-59-53(71)45-31-42(67)35-66(45)54(72)51(55(2,3)4)61-49(70)18-25-65-28-22-56(23-29-65)20-26-64(27-21-56)24-17-48(69)58-33-39-11-9-38(10-12-39)19-30-73-47-32-44(62-63-52(47)57)43-7-5-6-8-46(43)68/h5-16,32,36,42,45,51,67-68H,17-31,33-35H2,1-4H3,(H2,57,63)(H,58,69)(H,59,71)(H,61,70)/t42-,45+,51-/m1/s1. The lowest BCUT2D eigenvalue weighted by atomic mass is 9.71. The Bertz CT molecular complexity index is 2710. The van der Waals surface area contributed by atoms with Crippen molar-refractivity contribution in [3.8, 4) is 33.2 Å². The Morgan fingerprint density at radius 3 is 2.07 bits per heavy atom. The second-order valence-corrected chi connectivity index (χ2v) is 22.2. The third kappa shape index (κ3) is 14.0. The third-order valence-corrected chi connectivity index (χ3v) is 16.0. The molecule has 0 radical (unpaired) electrons. The van der Waals surface area contributed by atoms with Crippen LogP contribution in [0, 0.1) is 17.8 Å². The number of phenols is 1. The number of nitrogens with one attached hydrogen (secondary N) is 3. The van der Waals surface area contributed by atoms with Crippen molar-refractivity contribution in [1.29, 1.82) is 0 Å². The van der Waals surface area contributed by atoms with Crippen LogP contribution in [0.15, 0.2) is 84.4 Å². The van der Waals surface area contributed by atoms with Gasteiger partial charge in [-0.25, -0.2) is 4.98 Å². The fourth-order valence-electron chi connectivity index (χ4n) is 10.2. The summed E-state index contributed by atoms with van der Waals surface area (Å²) in [5, 5.41) is 38.0. The lowest BCUT2D eigenvalue weighted by Gasteiger charge is -2.47. The number of aryl methyl sites for hydroxylation is 1. The first-order chi connectivity index (χ1) is 35.5. The van der Waals surface area contributed by atoms with E-state index in [1.54, 1.807) is 35.6 Å². The highest BCUT2D eigenvalue weighted by Crippen LogP contribution is 2.41. The van der Waals surface area contributed by atoms with Crippen LogP contribution in [-0.4, -0.2) is 134 Å². The van der Waals surface area contributed by atoms with E-state index in [9.17, 15) is 29.4 Å². The molecule has 2 aromatic heterocycles. The number of aromatic hydroxyl groups is 1. The minimum Gasteiger partial charge on any atom is -0.507 e. The summed E-state index contributed by atoms with van der Waals surface area (Å²) in [6.45, 7) is 13.9. The number of aliphatic hydroxyl groups excluding tert-OH is 1. The van der Waals surface area contributed by atoms with Crippen molar-refractivity contribution in [3.63, 3.8) is 0 Å². The van der Waals surface area contributed by atoms with E-state index < -0.39 is 23.6 Å². The van der Waals surface area contributed by atoms with Gasteiger partial charge in [0.15, 0.2) is 11.6 Å². The number of anilines is 1. The molecule has 3 saturated heterocycles. The molecule has 1 spiro atoms. The van der Waals surface area contributed by atoms with E-state index >= 15 is 0 Å². The lowest BCUT2D eigenvalue weighted by Crippen LogP contribution is -2.58. The SMILES string of the molecule is Cc1ncsc1-c1ccc(CNC(=O)[C@@H]2C[C@@H](O)CN2C(=O)[C@@H](NC(=O)CCN2CCC3(CCN(CCC(=O)NCc4ccc(CCOc5cc(-c6ccccc6O)nnc5N)cc4)CC3)CC2)C(C)(C)C)cc1. The number of nitrogen functional groups attached to an aromatic ring is 1. The molecule has 8 rings (SSSR count). The predicted molar refractivity (Wildman–Crippen MR) is 286 cm³/mol. The number of piperidine rings is 2. The number of nitrogens with two attached hydrogens (primary N) is 1. The van der Waals surface area contributed by atoms with E-state index in [-0.39, 0.29) is 66.5 Å². The normalized spacial score (nSPS) is 18.5. The van der Waals surface area contributed by atoms with Gasteiger partial charge in [0.25, 0.3) is 0 Å². The fourth-order valence-corrected chi connectivity index (χ4v) is 11.1. The molecule has 17 nitrogen and oxygen atoms in total. The minimum atomic E-state index is -0.872. The zero-order valence-corrected chi connectivity index (χ0v) is 44.0. The van der Waals surface area contributed by atoms with Crippen molar-refractivity contribution >= 4 is 40.8 Å². The molecule has 394 valence electrons. The number of hydrogen-bond acceptors (Lipinski definition) is 14. The molecule has 5 heterocycles. The first-order valence-electron chi connectivity index (χ1n) is 25.9. The Kier molecular flexibility index (Phi) is 17.6. The molecule has 18 heteroatoms. The summed E-state index contributed by atoms with van der Waals surface area (Å²) in [6.07, 6.45) is 4.94. The molecular weight excluding hydrogens is 957 g/mol. The maximum atomic E-state index is 14.2. The number of aromatic nitrogens is 3. The smallest absolute Gasteiger partial charge is 0.246 e. The van der Waals surface area contributed by atoms with E-state index in [2.05, 4.69) is 40.9 Å². The number of carbonyl (C=O) groups excluding carboxylic acids is 4. The average Bonchev–Trinajstić information content (AvgIpc) is 4.02. The van der Waals surface area contributed by atoms with Crippen molar-refractivity contribution in [1.82, 2.24) is 45.8 Å². The number of benzene rings is 3. The van der Waals surface area contributed by atoms with Crippen molar-refractivity contribution < 1.29 is 34.1 Å². The summed E-state index contributed by atoms with van der Waals surface area (Å²) in [6, 6.07) is 22.9. The summed E-state index contributed by atoms with van der Waals surface area (Å²) in [5.41, 5.74) is 13.5. The molecule has 0 saturated carbocycles. The Labute approximate surface area is 438 Å². The molecule has 4 amide bonds. The Morgan fingerprint density at radius 1 is 0.838 bits per heavy atom. The number of rotatable bonds is 19. The lowest BCUT2D eigenvalue weighted by molar-refractivity contribution is -0.144. The summed E-state index contributed by atoms with van der Waals surface area (Å²) >= 11 is 1.58. The number of nitrogens with zero attached hydrogens (tertiary/aromatic N) is 6. The van der Waals surface area contributed by atoms with Crippen molar-refractivity contribution in [2.45, 2.75) is 110 Å². The van der Waals surface area contributed by atoms with Gasteiger partial charge in [-0.1, -0.05) is 81.4 Å². The first kappa shape index (κ1) is 53.8. The van der Waals surface area contributed by atoms with Crippen LogP contribution in [0.25, 0.3) is 21.7 Å². The summed E-state index contributed by atoms with van der Waals surface area (Å²) in [5.74, 6) is -0.199. The van der Waals surface area contributed by atoms with Crippen LogP contribution >= 0.6 is 11.3 Å². The van der Waals surface area contributed by atoms with Gasteiger partial charge in [0.05, 0.1) is 28.8 Å². The molecule has 74 heavy (non-hydrogen) atoms. The van der Waals surface area contributed by atoms with E-state index in [0.29, 0.717) is 49.5 Å². The van der Waals surface area contributed by atoms with Gasteiger partial charge < -0.3 is 51.3 Å². The number of likely N-dealkylation sites (tertiary alicyclic amines) is 3. The fraction of sp³-hybridized carbons (Fsp3) is 0.482. The quantitative estimate of drug-likeness (QED) is 0.0570. The second-order valence-electron chi connectivity index (χ2n) is 21.3. The molecule has 3 aromatic carbocycles. The molecule has 0 bridgehead atoms. The van der Waals surface area contributed by atoms with Gasteiger partial charge in [-0.05, 0) is 104 Å². The topological polar surface area (TPSA) is 228 Å². The monoisotopic (exact) mass is 1030 g/mol. The highest BCUT2D eigenvalue weighted by molar-refractivity contribution is 7.13. The molecule has 0 unspecified atom stereocenters. The van der Waals surface area contributed by atoms with Gasteiger partial charge in [0.2, 0.25) is 23.6 Å². The molecule has 3 aliphatic heterocycles. The number of ether oxygens (including phenoxy) is 1. The first-order valence-corrected chi connectivity index (χ1v) is 26.8. The van der Waals surface area contributed by atoms with Gasteiger partial charge in [-0.15, -0.1) is 21.5 Å². The van der Waals surface area contributed by atoms with Gasteiger partial charge in [0.1, 0.15) is 23.5 Å². The van der Waals surface area contributed by atoms with Crippen molar-refractivity contribution in [2.75, 3.05) is 58.2 Å². The van der Waals surface area contributed by atoms with Crippen molar-refractivity contribution in [2.24, 2.45) is 10.8 Å². The number of aliphatic hydroxyl groups is 1. The number of hydrogen-bond donors (Lipinski definition) is 6. The molecular formula is C56H72N10O7S. The second kappa shape index (κ2) is 24.3. The van der Waals surface area contributed by atoms with Crippen molar-refractivity contribution in [3.05, 3.63) is 107 Å². The molecule has 7 N–H and O–H groups in total. The van der Waals surface area contributed by atoms with E-state index in [4.69, 9.17) is 10.5 Å². The van der Waals surface area contributed by atoms with Crippen LogP contribution in [0.1, 0.15) is 88.1 Å². The largest absolute Gasteiger partial charge is 0.507 e. The third-order valence-electron chi connectivity index (χ3n) is 15.0. The van der Waals surface area contributed by atoms with Crippen LogP contribution in [0.5, 0.6) is 11.5 Å². The molecule has 3 atom stereocenters. The number of amides is 4. The average molecular weight is 1030 g/mol. The molecule has 5 aromatic rings. The van der Waals surface area contributed by atoms with Gasteiger partial charge in [-0.2, -0.15) is 0 Å². The Hall–Kier alpha value is -6.47. The highest BCUT2D eigenvalue weighted by Gasteiger charge is 2.45. The minimum absolute atomic E-state index is 0.0256.